The van der Waals surface area contributed by atoms with E-state index in [0.29, 0.717) is 11.7 Å². The van der Waals surface area contributed by atoms with Crippen LogP contribution in [0.3, 0.4) is 0 Å². The molecule has 5 rings (SSSR count). The van der Waals surface area contributed by atoms with Gasteiger partial charge in [0.1, 0.15) is 23.3 Å². The summed E-state index contributed by atoms with van der Waals surface area (Å²) in [5.74, 6) is 2.47. The molecule has 7 heteroatoms. The fourth-order valence-electron chi connectivity index (χ4n) is 4.29. The van der Waals surface area contributed by atoms with Crippen LogP contribution in [0.2, 0.25) is 0 Å². The molecule has 5 nitrogen and oxygen atoms in total. The van der Waals surface area contributed by atoms with Gasteiger partial charge >= 0.3 is 0 Å². The number of nitrogens with zero attached hydrogens (tertiary/aromatic N) is 2. The molecule has 0 bridgehead atoms. The van der Waals surface area contributed by atoms with Gasteiger partial charge in [0.15, 0.2) is 5.11 Å². The zero-order valence-corrected chi connectivity index (χ0v) is 21.3. The summed E-state index contributed by atoms with van der Waals surface area (Å²) in [6.07, 6.45) is 1.81. The number of ether oxygens (including phenoxy) is 1. The fourth-order valence-corrected chi connectivity index (χ4v) is 5.28. The van der Waals surface area contributed by atoms with Gasteiger partial charge in [-0.05, 0) is 78.8 Å². The van der Waals surface area contributed by atoms with Gasteiger partial charge < -0.3 is 19.4 Å². The van der Waals surface area contributed by atoms with Gasteiger partial charge in [0, 0.05) is 22.8 Å². The molecule has 2 aromatic carbocycles. The van der Waals surface area contributed by atoms with Crippen molar-refractivity contribution >= 4 is 33.3 Å². The van der Waals surface area contributed by atoms with Gasteiger partial charge in [-0.25, -0.2) is 0 Å². The Kier molecular flexibility index (Phi) is 6.39. The first kappa shape index (κ1) is 22.6. The quantitative estimate of drug-likeness (QED) is 0.282. The summed E-state index contributed by atoms with van der Waals surface area (Å²) >= 11 is 9.47. The Labute approximate surface area is 212 Å². The molecule has 0 unspecified atom stereocenters. The number of nitrogens with one attached hydrogen (secondary N) is 1. The van der Waals surface area contributed by atoms with Crippen LogP contribution in [0.15, 0.2) is 87.9 Å². The number of aryl methyl sites for hydroxylation is 1. The van der Waals surface area contributed by atoms with Gasteiger partial charge in [-0.15, -0.1) is 0 Å². The maximum absolute atomic E-state index is 6.46. The summed E-state index contributed by atoms with van der Waals surface area (Å²) in [5, 5.41) is 4.15. The number of furan rings is 1. The lowest BCUT2D eigenvalue weighted by Gasteiger charge is -2.26. The van der Waals surface area contributed by atoms with Crippen molar-refractivity contribution in [3.63, 3.8) is 0 Å². The van der Waals surface area contributed by atoms with Gasteiger partial charge in [-0.2, -0.15) is 0 Å². The molecule has 0 radical (unpaired) electrons. The van der Waals surface area contributed by atoms with Crippen molar-refractivity contribution in [3.8, 4) is 17.1 Å². The van der Waals surface area contributed by atoms with E-state index in [1.807, 2.05) is 42.5 Å². The van der Waals surface area contributed by atoms with Crippen LogP contribution in [0.25, 0.3) is 11.3 Å². The van der Waals surface area contributed by atoms with Crippen LogP contribution in [0.1, 0.15) is 34.7 Å². The zero-order chi connectivity index (χ0) is 23.7. The van der Waals surface area contributed by atoms with E-state index in [4.69, 9.17) is 21.4 Å². The van der Waals surface area contributed by atoms with Crippen molar-refractivity contribution in [1.82, 2.24) is 15.2 Å². The molecule has 1 aliphatic rings. The van der Waals surface area contributed by atoms with E-state index in [1.54, 1.807) is 13.3 Å². The molecular weight excluding hydrogens is 510 g/mol. The highest BCUT2D eigenvalue weighted by Crippen LogP contribution is 2.42. The van der Waals surface area contributed by atoms with E-state index in [2.05, 4.69) is 68.4 Å². The van der Waals surface area contributed by atoms with E-state index >= 15 is 0 Å². The number of aromatic nitrogens is 1. The Morgan fingerprint density at radius 1 is 1.09 bits per heavy atom. The van der Waals surface area contributed by atoms with Crippen LogP contribution in [-0.4, -0.2) is 22.1 Å². The summed E-state index contributed by atoms with van der Waals surface area (Å²) in [7, 11) is 1.67. The predicted molar refractivity (Wildman–Crippen MR) is 141 cm³/mol. The third-order valence-electron chi connectivity index (χ3n) is 6.02. The molecule has 2 atom stereocenters. The molecule has 4 aromatic rings. The molecule has 0 amide bonds. The van der Waals surface area contributed by atoms with Crippen LogP contribution >= 0.6 is 28.1 Å². The van der Waals surface area contributed by atoms with Crippen molar-refractivity contribution in [1.29, 1.82) is 0 Å². The Bertz CT molecular complexity index is 1310. The van der Waals surface area contributed by atoms with E-state index in [-0.39, 0.29) is 12.1 Å². The van der Waals surface area contributed by atoms with Crippen LogP contribution in [-0.2, 0) is 6.54 Å². The molecule has 3 heterocycles. The molecular formula is C27H24BrN3O2S. The van der Waals surface area contributed by atoms with Gasteiger partial charge in [-0.1, -0.05) is 40.2 Å². The SMILES string of the molecule is COc1ccc(CN2C(=S)N[C@@H](c3ccccn3)[C@H]2c2ccc(-c3ccc(C)cc3Br)o2)cc1. The Morgan fingerprint density at radius 2 is 1.91 bits per heavy atom. The highest BCUT2D eigenvalue weighted by molar-refractivity contribution is 9.10. The van der Waals surface area contributed by atoms with E-state index < -0.39 is 0 Å². The number of pyridine rings is 1. The monoisotopic (exact) mass is 533 g/mol. The molecule has 1 saturated heterocycles. The third-order valence-corrected chi connectivity index (χ3v) is 7.03. The fraction of sp³-hybridized carbons (Fsp3) is 0.185. The number of hydrogen-bond acceptors (Lipinski definition) is 4. The average molecular weight is 534 g/mol. The van der Waals surface area contributed by atoms with E-state index in [0.717, 1.165) is 38.6 Å². The van der Waals surface area contributed by atoms with Crippen molar-refractivity contribution in [3.05, 3.63) is 106 Å². The molecule has 34 heavy (non-hydrogen) atoms. The molecule has 172 valence electrons. The number of hydrogen-bond donors (Lipinski definition) is 1. The number of methoxy groups -OCH3 is 1. The first-order valence-electron chi connectivity index (χ1n) is 11.0. The number of benzene rings is 2. The Hall–Kier alpha value is -3.16. The molecule has 1 fully saturated rings. The summed E-state index contributed by atoms with van der Waals surface area (Å²) in [4.78, 5) is 6.78. The summed E-state index contributed by atoms with van der Waals surface area (Å²) in [5.41, 5.74) is 4.25. The molecule has 2 aromatic heterocycles. The topological polar surface area (TPSA) is 50.5 Å². The number of halogens is 1. The largest absolute Gasteiger partial charge is 0.497 e. The molecule has 0 spiro atoms. The van der Waals surface area contributed by atoms with E-state index in [1.165, 1.54) is 5.56 Å². The minimum Gasteiger partial charge on any atom is -0.497 e. The first-order chi connectivity index (χ1) is 16.5. The van der Waals surface area contributed by atoms with Crippen molar-refractivity contribution < 1.29 is 9.15 Å². The molecule has 0 saturated carbocycles. The summed E-state index contributed by atoms with van der Waals surface area (Å²) in [6, 6.07) is 24.0. The predicted octanol–water partition coefficient (Wildman–Crippen LogP) is 6.59. The maximum Gasteiger partial charge on any atom is 0.170 e. The zero-order valence-electron chi connectivity index (χ0n) is 18.9. The van der Waals surface area contributed by atoms with Crippen molar-refractivity contribution in [2.75, 3.05) is 7.11 Å². The van der Waals surface area contributed by atoms with E-state index in [9.17, 15) is 0 Å². The lowest BCUT2D eigenvalue weighted by molar-refractivity contribution is 0.269. The summed E-state index contributed by atoms with van der Waals surface area (Å²) < 4.78 is 12.8. The van der Waals surface area contributed by atoms with Crippen molar-refractivity contribution in [2.45, 2.75) is 25.6 Å². The van der Waals surface area contributed by atoms with Crippen LogP contribution < -0.4 is 10.1 Å². The highest BCUT2D eigenvalue weighted by Gasteiger charge is 2.41. The third kappa shape index (κ3) is 4.45. The highest BCUT2D eigenvalue weighted by atomic mass is 79.9. The Morgan fingerprint density at radius 3 is 2.62 bits per heavy atom. The second-order valence-corrected chi connectivity index (χ2v) is 9.53. The Balaban J connectivity index is 1.52. The molecule has 1 aliphatic heterocycles. The second-order valence-electron chi connectivity index (χ2n) is 8.29. The summed E-state index contributed by atoms with van der Waals surface area (Å²) in [6.45, 7) is 2.70. The molecule has 1 N–H and O–H groups in total. The standard InChI is InChI=1S/C27H24BrN3O2S/c1-17-6-11-20(21(28)15-17)23-12-13-24(33-23)26-25(22-5-3-4-14-29-22)30-27(34)31(26)16-18-7-9-19(32-2)10-8-18/h3-15,25-26H,16H2,1-2H3,(H,30,34)/t25-,26+/m0/s1. The van der Waals surface area contributed by atoms with Crippen LogP contribution in [0.4, 0.5) is 0 Å². The van der Waals surface area contributed by atoms with Crippen LogP contribution in [0, 0.1) is 6.92 Å². The lowest BCUT2D eigenvalue weighted by Crippen LogP contribution is -2.29. The maximum atomic E-state index is 6.46. The number of rotatable bonds is 6. The smallest absolute Gasteiger partial charge is 0.170 e. The minimum atomic E-state index is -0.150. The van der Waals surface area contributed by atoms with Crippen molar-refractivity contribution in [2.24, 2.45) is 0 Å². The second kappa shape index (κ2) is 9.60. The van der Waals surface area contributed by atoms with Gasteiger partial charge in [0.05, 0.1) is 18.8 Å². The van der Waals surface area contributed by atoms with Gasteiger partial charge in [-0.3, -0.25) is 4.98 Å². The first-order valence-corrected chi connectivity index (χ1v) is 12.2. The minimum absolute atomic E-state index is 0.132. The normalized spacial score (nSPS) is 17.6. The van der Waals surface area contributed by atoms with Gasteiger partial charge in [0.2, 0.25) is 0 Å². The van der Waals surface area contributed by atoms with Gasteiger partial charge in [0.25, 0.3) is 0 Å². The lowest BCUT2D eigenvalue weighted by atomic mass is 10.0. The average Bonchev–Trinajstić information content (AvgIpc) is 3.45. The van der Waals surface area contributed by atoms with Crippen LogP contribution in [0.5, 0.6) is 5.75 Å². The number of thiocarbonyl (C=S) groups is 1. The molecule has 0 aliphatic carbocycles.